The standard InChI is InChI=1S/C29H31NO7/c1-16-17(2)27(36-19(4)32)28(37-26(16)15-35-18(3)31)22-8-6-7-20(13-22)24-11-9-21-14-23(29(33)34-5)10-12-25(21)30-24/h6-14,16-17,26-28H,15H2,1-5H3/t16-,17-,26+,27-,28+/m0/s1. The van der Waals surface area contributed by atoms with Crippen LogP contribution in [0.25, 0.3) is 22.2 Å². The summed E-state index contributed by atoms with van der Waals surface area (Å²) in [5.41, 5.74) is 3.65. The number of carbonyl (C=O) groups excluding carboxylic acids is 3. The van der Waals surface area contributed by atoms with Crippen LogP contribution in [0.2, 0.25) is 0 Å². The predicted molar refractivity (Wildman–Crippen MR) is 137 cm³/mol. The number of benzene rings is 2. The first-order chi connectivity index (χ1) is 17.7. The molecule has 1 saturated heterocycles. The maximum atomic E-state index is 11.9. The van der Waals surface area contributed by atoms with Gasteiger partial charge in [-0.05, 0) is 41.8 Å². The van der Waals surface area contributed by atoms with Crippen molar-refractivity contribution in [2.75, 3.05) is 13.7 Å². The van der Waals surface area contributed by atoms with E-state index in [0.717, 1.165) is 27.7 Å². The van der Waals surface area contributed by atoms with Gasteiger partial charge in [0, 0.05) is 30.7 Å². The van der Waals surface area contributed by atoms with Crippen molar-refractivity contribution in [3.63, 3.8) is 0 Å². The number of fused-ring (bicyclic) bond motifs is 1. The van der Waals surface area contributed by atoms with Crippen molar-refractivity contribution in [2.24, 2.45) is 11.8 Å². The van der Waals surface area contributed by atoms with Gasteiger partial charge in [-0.1, -0.05) is 38.1 Å². The fourth-order valence-electron chi connectivity index (χ4n) is 4.73. The fourth-order valence-corrected chi connectivity index (χ4v) is 4.73. The second kappa shape index (κ2) is 11.1. The van der Waals surface area contributed by atoms with E-state index in [4.69, 9.17) is 23.9 Å². The topological polar surface area (TPSA) is 101 Å². The van der Waals surface area contributed by atoms with Gasteiger partial charge in [0.1, 0.15) is 18.8 Å². The van der Waals surface area contributed by atoms with Crippen LogP contribution in [0.4, 0.5) is 0 Å². The first-order valence-electron chi connectivity index (χ1n) is 12.2. The number of esters is 3. The minimum Gasteiger partial charge on any atom is -0.465 e. The van der Waals surface area contributed by atoms with Crippen LogP contribution in [0.1, 0.15) is 49.7 Å². The van der Waals surface area contributed by atoms with Crippen LogP contribution in [0.5, 0.6) is 0 Å². The number of nitrogens with zero attached hydrogens (tertiary/aromatic N) is 1. The lowest BCUT2D eigenvalue weighted by Gasteiger charge is -2.44. The van der Waals surface area contributed by atoms with Crippen LogP contribution in [0.15, 0.2) is 54.6 Å². The molecule has 0 saturated carbocycles. The maximum absolute atomic E-state index is 11.9. The van der Waals surface area contributed by atoms with Gasteiger partial charge < -0.3 is 18.9 Å². The molecule has 37 heavy (non-hydrogen) atoms. The molecule has 1 aliphatic heterocycles. The summed E-state index contributed by atoms with van der Waals surface area (Å²) in [4.78, 5) is 40.0. The highest BCUT2D eigenvalue weighted by Crippen LogP contribution is 2.41. The van der Waals surface area contributed by atoms with Gasteiger partial charge in [-0.25, -0.2) is 9.78 Å². The zero-order valence-corrected chi connectivity index (χ0v) is 21.6. The Bertz CT molecular complexity index is 1320. The van der Waals surface area contributed by atoms with E-state index in [9.17, 15) is 14.4 Å². The summed E-state index contributed by atoms with van der Waals surface area (Å²) in [7, 11) is 1.35. The Morgan fingerprint density at radius 2 is 1.73 bits per heavy atom. The molecule has 2 aromatic carbocycles. The van der Waals surface area contributed by atoms with E-state index in [1.807, 2.05) is 50.2 Å². The number of hydrogen-bond donors (Lipinski definition) is 0. The van der Waals surface area contributed by atoms with Crippen molar-refractivity contribution in [2.45, 2.75) is 46.0 Å². The van der Waals surface area contributed by atoms with E-state index >= 15 is 0 Å². The largest absolute Gasteiger partial charge is 0.465 e. The van der Waals surface area contributed by atoms with Crippen molar-refractivity contribution in [1.82, 2.24) is 4.98 Å². The number of methoxy groups -OCH3 is 1. The van der Waals surface area contributed by atoms with E-state index in [1.54, 1.807) is 18.2 Å². The molecule has 1 aliphatic rings. The Morgan fingerprint density at radius 1 is 0.946 bits per heavy atom. The van der Waals surface area contributed by atoms with Gasteiger partial charge in [-0.15, -0.1) is 0 Å². The van der Waals surface area contributed by atoms with E-state index in [-0.39, 0.29) is 36.5 Å². The average Bonchev–Trinajstić information content (AvgIpc) is 2.89. The van der Waals surface area contributed by atoms with Crippen LogP contribution in [-0.2, 0) is 28.5 Å². The molecule has 8 heteroatoms. The quantitative estimate of drug-likeness (QED) is 0.345. The highest BCUT2D eigenvalue weighted by atomic mass is 16.6. The van der Waals surface area contributed by atoms with Gasteiger partial charge in [0.25, 0.3) is 0 Å². The molecule has 0 spiro atoms. The van der Waals surface area contributed by atoms with Crippen LogP contribution in [-0.4, -0.2) is 48.8 Å². The molecule has 1 aromatic heterocycles. The Balaban J connectivity index is 1.67. The number of rotatable bonds is 6. The van der Waals surface area contributed by atoms with Crippen molar-refractivity contribution in [3.05, 3.63) is 65.7 Å². The zero-order valence-electron chi connectivity index (χ0n) is 21.6. The lowest BCUT2D eigenvalue weighted by atomic mass is 9.79. The van der Waals surface area contributed by atoms with E-state index in [2.05, 4.69) is 0 Å². The summed E-state index contributed by atoms with van der Waals surface area (Å²) >= 11 is 0. The van der Waals surface area contributed by atoms with Gasteiger partial charge in [0.15, 0.2) is 0 Å². The molecule has 0 unspecified atom stereocenters. The van der Waals surface area contributed by atoms with E-state index in [0.29, 0.717) is 5.56 Å². The van der Waals surface area contributed by atoms with Crippen molar-refractivity contribution in [1.29, 1.82) is 0 Å². The second-order valence-electron chi connectivity index (χ2n) is 9.41. The summed E-state index contributed by atoms with van der Waals surface area (Å²) in [6.45, 7) is 6.91. The fraction of sp³-hybridized carbons (Fsp3) is 0.379. The molecule has 1 fully saturated rings. The SMILES string of the molecule is COC(=O)c1ccc2nc(-c3cccc([C@H]4O[C@H](COC(C)=O)[C@@H](C)[C@H](C)[C@@H]4OC(C)=O)c3)ccc2c1. The van der Waals surface area contributed by atoms with Crippen molar-refractivity contribution < 1.29 is 33.3 Å². The number of hydrogen-bond acceptors (Lipinski definition) is 8. The Hall–Kier alpha value is -3.78. The molecule has 5 atom stereocenters. The lowest BCUT2D eigenvalue weighted by Crippen LogP contribution is -2.48. The molecular weight excluding hydrogens is 474 g/mol. The Kier molecular flexibility index (Phi) is 7.88. The third-order valence-electron chi connectivity index (χ3n) is 6.93. The van der Waals surface area contributed by atoms with Gasteiger partial charge in [0.05, 0.1) is 30.0 Å². The molecule has 0 bridgehead atoms. The minimum atomic E-state index is -0.543. The van der Waals surface area contributed by atoms with Gasteiger partial charge in [0.2, 0.25) is 0 Å². The first kappa shape index (κ1) is 26.3. The molecule has 2 heterocycles. The van der Waals surface area contributed by atoms with Crippen LogP contribution < -0.4 is 0 Å². The van der Waals surface area contributed by atoms with E-state index < -0.39 is 18.2 Å². The number of pyridine rings is 1. The van der Waals surface area contributed by atoms with E-state index in [1.165, 1.54) is 21.0 Å². The monoisotopic (exact) mass is 505 g/mol. The molecule has 0 amide bonds. The number of aromatic nitrogens is 1. The zero-order chi connectivity index (χ0) is 26.7. The summed E-state index contributed by atoms with van der Waals surface area (Å²) < 4.78 is 22.2. The van der Waals surface area contributed by atoms with Gasteiger partial charge in [-0.3, -0.25) is 9.59 Å². The molecule has 4 rings (SSSR count). The van der Waals surface area contributed by atoms with Gasteiger partial charge in [-0.2, -0.15) is 0 Å². The third kappa shape index (κ3) is 5.80. The first-order valence-corrected chi connectivity index (χ1v) is 12.2. The smallest absolute Gasteiger partial charge is 0.337 e. The molecule has 194 valence electrons. The summed E-state index contributed by atoms with van der Waals surface area (Å²) in [6.07, 6.45) is -1.39. The average molecular weight is 506 g/mol. The van der Waals surface area contributed by atoms with Gasteiger partial charge >= 0.3 is 17.9 Å². The second-order valence-corrected chi connectivity index (χ2v) is 9.41. The molecule has 8 nitrogen and oxygen atoms in total. The Labute approximate surface area is 215 Å². The predicted octanol–water partition coefficient (Wildman–Crippen LogP) is 4.90. The summed E-state index contributed by atoms with van der Waals surface area (Å²) in [6, 6.07) is 16.8. The summed E-state index contributed by atoms with van der Waals surface area (Å²) in [5.74, 6) is -1.18. The maximum Gasteiger partial charge on any atom is 0.337 e. The third-order valence-corrected chi connectivity index (χ3v) is 6.93. The molecular formula is C29H31NO7. The van der Waals surface area contributed by atoms with Crippen LogP contribution >= 0.6 is 0 Å². The summed E-state index contributed by atoms with van der Waals surface area (Å²) in [5, 5.41) is 0.824. The number of carbonyl (C=O) groups is 3. The minimum absolute atomic E-state index is 0.000156. The van der Waals surface area contributed by atoms with Crippen LogP contribution in [0, 0.1) is 11.8 Å². The normalized spacial score (nSPS) is 23.3. The highest BCUT2D eigenvalue weighted by Gasteiger charge is 2.44. The molecule has 3 aromatic rings. The number of ether oxygens (including phenoxy) is 4. The van der Waals surface area contributed by atoms with Crippen molar-refractivity contribution >= 4 is 28.8 Å². The highest BCUT2D eigenvalue weighted by molar-refractivity contribution is 5.94. The lowest BCUT2D eigenvalue weighted by molar-refractivity contribution is -0.205. The van der Waals surface area contributed by atoms with Crippen molar-refractivity contribution in [3.8, 4) is 11.3 Å². The molecule has 0 N–H and O–H groups in total. The molecule has 0 aliphatic carbocycles. The van der Waals surface area contributed by atoms with Crippen LogP contribution in [0.3, 0.4) is 0 Å². The Morgan fingerprint density at radius 3 is 2.43 bits per heavy atom. The molecule has 0 radical (unpaired) electrons.